The first-order valence-electron chi connectivity index (χ1n) is 5.86. The van der Waals surface area contributed by atoms with E-state index in [1.54, 1.807) is 34.9 Å². The van der Waals surface area contributed by atoms with Gasteiger partial charge >= 0.3 is 5.97 Å². The Kier molecular flexibility index (Phi) is 2.57. The second kappa shape index (κ2) is 4.27. The van der Waals surface area contributed by atoms with Crippen LogP contribution < -0.4 is 5.73 Å². The first kappa shape index (κ1) is 12.0. The number of imidazole rings is 1. The van der Waals surface area contributed by atoms with Crippen molar-refractivity contribution in [2.24, 2.45) is 0 Å². The number of rotatable bonds is 2. The molecule has 0 saturated heterocycles. The second-order valence-corrected chi connectivity index (χ2v) is 4.36. The number of nitrogen functional groups attached to an aromatic ring is 1. The van der Waals surface area contributed by atoms with Crippen LogP contribution in [-0.2, 0) is 0 Å². The van der Waals surface area contributed by atoms with Crippen LogP contribution in [0.2, 0.25) is 0 Å². The molecule has 0 amide bonds. The number of hydrogen-bond acceptors (Lipinski definition) is 4. The smallest absolute Gasteiger partial charge is 0.356 e. The predicted octanol–water partition coefficient (Wildman–Crippen LogP) is 1.99. The molecule has 0 aliphatic heterocycles. The van der Waals surface area contributed by atoms with Crippen LogP contribution in [0.3, 0.4) is 0 Å². The molecule has 20 heavy (non-hydrogen) atoms. The number of carboxylic acid groups (broad SMARTS) is 1. The molecule has 100 valence electrons. The number of fused-ring (bicyclic) bond motifs is 1. The summed E-state index contributed by atoms with van der Waals surface area (Å²) in [5.74, 6) is -0.612. The SMILES string of the molecule is Nc1ccc2c(C(=O)O)nc(-c3cccc(O)c3)n2c1. The Morgan fingerprint density at radius 2 is 2.05 bits per heavy atom. The Labute approximate surface area is 113 Å². The number of nitrogens with two attached hydrogens (primary N) is 1. The molecule has 6 heteroatoms. The molecule has 3 rings (SSSR count). The van der Waals surface area contributed by atoms with E-state index in [1.165, 1.54) is 12.1 Å². The van der Waals surface area contributed by atoms with E-state index in [1.807, 2.05) is 0 Å². The Morgan fingerprint density at radius 3 is 2.75 bits per heavy atom. The van der Waals surface area contributed by atoms with Crippen molar-refractivity contribution >= 4 is 17.2 Å². The number of phenolic OH excluding ortho intramolecular Hbond substituents is 1. The van der Waals surface area contributed by atoms with Crippen molar-refractivity contribution in [3.8, 4) is 17.1 Å². The van der Waals surface area contributed by atoms with Crippen molar-refractivity contribution in [3.63, 3.8) is 0 Å². The van der Waals surface area contributed by atoms with Crippen LogP contribution >= 0.6 is 0 Å². The topological polar surface area (TPSA) is 101 Å². The molecule has 0 atom stereocenters. The number of hydrogen-bond donors (Lipinski definition) is 3. The maximum Gasteiger partial charge on any atom is 0.356 e. The van der Waals surface area contributed by atoms with Gasteiger partial charge < -0.3 is 15.9 Å². The van der Waals surface area contributed by atoms with Crippen molar-refractivity contribution in [2.45, 2.75) is 0 Å². The molecule has 1 aromatic carbocycles. The van der Waals surface area contributed by atoms with Crippen molar-refractivity contribution < 1.29 is 15.0 Å². The van der Waals surface area contributed by atoms with Gasteiger partial charge in [-0.2, -0.15) is 0 Å². The quantitative estimate of drug-likeness (QED) is 0.660. The number of carboxylic acids is 1. The number of aromatic hydroxyl groups is 1. The summed E-state index contributed by atoms with van der Waals surface area (Å²) in [4.78, 5) is 15.4. The van der Waals surface area contributed by atoms with E-state index in [-0.39, 0.29) is 11.4 Å². The number of nitrogens with zero attached hydrogens (tertiary/aromatic N) is 2. The van der Waals surface area contributed by atoms with Gasteiger partial charge in [0.15, 0.2) is 5.69 Å². The first-order valence-corrected chi connectivity index (χ1v) is 5.86. The van der Waals surface area contributed by atoms with Crippen molar-refractivity contribution in [3.05, 3.63) is 48.3 Å². The van der Waals surface area contributed by atoms with Gasteiger partial charge in [-0.25, -0.2) is 9.78 Å². The third kappa shape index (κ3) is 1.83. The lowest BCUT2D eigenvalue weighted by Gasteiger charge is -2.03. The molecular formula is C14H11N3O3. The molecule has 0 aliphatic carbocycles. The summed E-state index contributed by atoms with van der Waals surface area (Å²) >= 11 is 0. The van der Waals surface area contributed by atoms with Crippen LogP contribution in [-0.4, -0.2) is 25.6 Å². The third-order valence-corrected chi connectivity index (χ3v) is 2.97. The van der Waals surface area contributed by atoms with Gasteiger partial charge in [0.1, 0.15) is 11.6 Å². The lowest BCUT2D eigenvalue weighted by Crippen LogP contribution is -1.97. The summed E-state index contributed by atoms with van der Waals surface area (Å²) in [6.07, 6.45) is 1.61. The molecule has 0 unspecified atom stereocenters. The predicted molar refractivity (Wildman–Crippen MR) is 73.7 cm³/mol. The molecular weight excluding hydrogens is 258 g/mol. The number of pyridine rings is 1. The summed E-state index contributed by atoms with van der Waals surface area (Å²) < 4.78 is 1.60. The largest absolute Gasteiger partial charge is 0.508 e. The third-order valence-electron chi connectivity index (χ3n) is 2.97. The number of benzene rings is 1. The van der Waals surface area contributed by atoms with Crippen molar-refractivity contribution in [1.29, 1.82) is 0 Å². The van der Waals surface area contributed by atoms with E-state index in [0.29, 0.717) is 22.6 Å². The van der Waals surface area contributed by atoms with Crippen LogP contribution in [0.5, 0.6) is 5.75 Å². The van der Waals surface area contributed by atoms with Crippen molar-refractivity contribution in [1.82, 2.24) is 9.38 Å². The molecule has 0 aliphatic rings. The Balaban J connectivity index is 2.35. The maximum absolute atomic E-state index is 11.3. The van der Waals surface area contributed by atoms with Crippen LogP contribution in [0.1, 0.15) is 10.5 Å². The van der Waals surface area contributed by atoms with Crippen LogP contribution in [0.15, 0.2) is 42.6 Å². The van der Waals surface area contributed by atoms with Gasteiger partial charge in [-0.15, -0.1) is 0 Å². The standard InChI is InChI=1S/C14H11N3O3/c15-9-4-5-11-12(14(19)20)16-13(17(11)7-9)8-2-1-3-10(18)6-8/h1-7,18H,15H2,(H,19,20). The van der Waals surface area contributed by atoms with Gasteiger partial charge in [-0.3, -0.25) is 4.40 Å². The summed E-state index contributed by atoms with van der Waals surface area (Å²) in [7, 11) is 0. The number of aromatic nitrogens is 2. The van der Waals surface area contributed by atoms with E-state index < -0.39 is 5.97 Å². The summed E-state index contributed by atoms with van der Waals surface area (Å²) in [5.41, 5.74) is 7.24. The number of carbonyl (C=O) groups is 1. The first-order chi connectivity index (χ1) is 9.56. The fourth-order valence-electron chi connectivity index (χ4n) is 2.11. The van der Waals surface area contributed by atoms with E-state index in [2.05, 4.69) is 4.98 Å². The van der Waals surface area contributed by atoms with Crippen LogP contribution in [0, 0.1) is 0 Å². The molecule has 4 N–H and O–H groups in total. The number of phenols is 1. The molecule has 2 aromatic heterocycles. The summed E-state index contributed by atoms with van der Waals surface area (Å²) in [5, 5.41) is 18.7. The summed E-state index contributed by atoms with van der Waals surface area (Å²) in [6.45, 7) is 0. The zero-order valence-electron chi connectivity index (χ0n) is 10.3. The number of aromatic carboxylic acids is 1. The second-order valence-electron chi connectivity index (χ2n) is 4.36. The minimum Gasteiger partial charge on any atom is -0.508 e. The molecule has 0 saturated carbocycles. The van der Waals surface area contributed by atoms with Crippen molar-refractivity contribution in [2.75, 3.05) is 5.73 Å². The van der Waals surface area contributed by atoms with Gasteiger partial charge in [-0.1, -0.05) is 12.1 Å². The molecule has 2 heterocycles. The van der Waals surface area contributed by atoms with E-state index in [9.17, 15) is 15.0 Å². The Bertz CT molecular complexity index is 824. The highest BCUT2D eigenvalue weighted by molar-refractivity contribution is 5.95. The highest BCUT2D eigenvalue weighted by atomic mass is 16.4. The highest BCUT2D eigenvalue weighted by Gasteiger charge is 2.17. The zero-order valence-corrected chi connectivity index (χ0v) is 10.3. The molecule has 3 aromatic rings. The normalized spacial score (nSPS) is 10.8. The average molecular weight is 269 g/mol. The van der Waals surface area contributed by atoms with Gasteiger partial charge in [0, 0.05) is 17.4 Å². The fourth-order valence-corrected chi connectivity index (χ4v) is 2.11. The van der Waals surface area contributed by atoms with Gasteiger partial charge in [0.2, 0.25) is 0 Å². The Hall–Kier alpha value is -3.02. The minimum atomic E-state index is -1.11. The molecule has 0 bridgehead atoms. The lowest BCUT2D eigenvalue weighted by molar-refractivity contribution is 0.0693. The molecule has 0 fully saturated rings. The zero-order chi connectivity index (χ0) is 14.3. The number of anilines is 1. The maximum atomic E-state index is 11.3. The van der Waals surface area contributed by atoms with E-state index >= 15 is 0 Å². The highest BCUT2D eigenvalue weighted by Crippen LogP contribution is 2.26. The van der Waals surface area contributed by atoms with Crippen LogP contribution in [0.4, 0.5) is 5.69 Å². The Morgan fingerprint density at radius 1 is 1.25 bits per heavy atom. The molecule has 0 radical (unpaired) electrons. The minimum absolute atomic E-state index is 0.0525. The van der Waals surface area contributed by atoms with E-state index in [0.717, 1.165) is 0 Å². The van der Waals surface area contributed by atoms with Gasteiger partial charge in [0.05, 0.1) is 5.52 Å². The molecule has 0 spiro atoms. The summed E-state index contributed by atoms with van der Waals surface area (Å²) in [6, 6.07) is 9.69. The monoisotopic (exact) mass is 269 g/mol. The average Bonchev–Trinajstić information content (AvgIpc) is 2.77. The lowest BCUT2D eigenvalue weighted by atomic mass is 10.2. The fraction of sp³-hybridized carbons (Fsp3) is 0. The van der Waals surface area contributed by atoms with Gasteiger partial charge in [-0.05, 0) is 24.3 Å². The molecule has 6 nitrogen and oxygen atoms in total. The van der Waals surface area contributed by atoms with Crippen LogP contribution in [0.25, 0.3) is 16.9 Å². The van der Waals surface area contributed by atoms with E-state index in [4.69, 9.17) is 5.73 Å². The van der Waals surface area contributed by atoms with Gasteiger partial charge in [0.25, 0.3) is 0 Å².